The van der Waals surface area contributed by atoms with Crippen LogP contribution in [0.15, 0.2) is 18.2 Å². The summed E-state index contributed by atoms with van der Waals surface area (Å²) in [5, 5.41) is 0. The van der Waals surface area contributed by atoms with Crippen LogP contribution >= 0.6 is 0 Å². The second-order valence-corrected chi connectivity index (χ2v) is 3.96. The van der Waals surface area contributed by atoms with Gasteiger partial charge < -0.3 is 10.5 Å². The van der Waals surface area contributed by atoms with Gasteiger partial charge in [0.05, 0.1) is 6.61 Å². The second kappa shape index (κ2) is 7.23. The van der Waals surface area contributed by atoms with Crippen molar-refractivity contribution >= 4 is 5.69 Å². The lowest BCUT2D eigenvalue weighted by molar-refractivity contribution is 0.117. The predicted molar refractivity (Wildman–Crippen MR) is 64.6 cm³/mol. The molecular formula is C13H20FNO. The molecule has 0 bridgehead atoms. The Bertz CT molecular complexity index is 315. The van der Waals surface area contributed by atoms with E-state index >= 15 is 0 Å². The first-order valence-electron chi connectivity index (χ1n) is 5.85. The monoisotopic (exact) mass is 225 g/mol. The Labute approximate surface area is 96.6 Å². The third kappa shape index (κ3) is 4.62. The molecule has 0 spiro atoms. The smallest absolute Gasteiger partial charge is 0.125 e. The number of unbranched alkanes of at least 4 members (excludes halogenated alkanes) is 3. The fourth-order valence-electron chi connectivity index (χ4n) is 1.51. The summed E-state index contributed by atoms with van der Waals surface area (Å²) in [5.74, 6) is -0.302. The van der Waals surface area contributed by atoms with E-state index in [9.17, 15) is 4.39 Å². The number of benzene rings is 1. The lowest BCUT2D eigenvalue weighted by atomic mass is 10.2. The maximum atomic E-state index is 12.8. The van der Waals surface area contributed by atoms with Gasteiger partial charge in [-0.25, -0.2) is 4.39 Å². The molecule has 1 rings (SSSR count). The summed E-state index contributed by atoms with van der Waals surface area (Å²) in [5.41, 5.74) is 6.99. The molecule has 0 radical (unpaired) electrons. The number of ether oxygens (including phenoxy) is 1. The van der Waals surface area contributed by atoms with E-state index in [-0.39, 0.29) is 5.82 Å². The maximum Gasteiger partial charge on any atom is 0.125 e. The van der Waals surface area contributed by atoms with Crippen LogP contribution in [0.1, 0.15) is 38.2 Å². The molecule has 0 aliphatic rings. The highest BCUT2D eigenvalue weighted by molar-refractivity contribution is 5.46. The Morgan fingerprint density at radius 3 is 2.75 bits per heavy atom. The van der Waals surface area contributed by atoms with Crippen LogP contribution in [0.4, 0.5) is 10.1 Å². The van der Waals surface area contributed by atoms with E-state index in [0.717, 1.165) is 18.6 Å². The Morgan fingerprint density at radius 1 is 1.25 bits per heavy atom. The van der Waals surface area contributed by atoms with Gasteiger partial charge in [0.2, 0.25) is 0 Å². The van der Waals surface area contributed by atoms with Gasteiger partial charge in [-0.05, 0) is 18.6 Å². The number of nitrogens with two attached hydrogens (primary N) is 1. The minimum absolute atomic E-state index is 0.302. The van der Waals surface area contributed by atoms with Crippen molar-refractivity contribution in [2.24, 2.45) is 0 Å². The molecule has 16 heavy (non-hydrogen) atoms. The van der Waals surface area contributed by atoms with E-state index in [1.807, 2.05) is 0 Å². The molecule has 0 heterocycles. The quantitative estimate of drug-likeness (QED) is 0.569. The van der Waals surface area contributed by atoms with Crippen LogP contribution in [0.3, 0.4) is 0 Å². The third-order valence-corrected chi connectivity index (χ3v) is 2.51. The van der Waals surface area contributed by atoms with Crippen molar-refractivity contribution in [1.82, 2.24) is 0 Å². The van der Waals surface area contributed by atoms with E-state index in [4.69, 9.17) is 10.5 Å². The summed E-state index contributed by atoms with van der Waals surface area (Å²) in [6, 6.07) is 4.42. The Kier molecular flexibility index (Phi) is 5.86. The second-order valence-electron chi connectivity index (χ2n) is 3.96. The van der Waals surface area contributed by atoms with Gasteiger partial charge in [0.1, 0.15) is 5.82 Å². The van der Waals surface area contributed by atoms with Crippen LogP contribution in [0.2, 0.25) is 0 Å². The van der Waals surface area contributed by atoms with Crippen LogP contribution in [0, 0.1) is 5.82 Å². The first-order valence-corrected chi connectivity index (χ1v) is 5.85. The maximum absolute atomic E-state index is 12.8. The number of hydrogen-bond acceptors (Lipinski definition) is 2. The van der Waals surface area contributed by atoms with Crippen molar-refractivity contribution in [3.63, 3.8) is 0 Å². The van der Waals surface area contributed by atoms with E-state index in [2.05, 4.69) is 6.92 Å². The third-order valence-electron chi connectivity index (χ3n) is 2.51. The molecule has 0 aromatic heterocycles. The normalized spacial score (nSPS) is 10.6. The van der Waals surface area contributed by atoms with Crippen molar-refractivity contribution in [3.8, 4) is 0 Å². The van der Waals surface area contributed by atoms with Crippen LogP contribution in [0.5, 0.6) is 0 Å². The fraction of sp³-hybridized carbons (Fsp3) is 0.538. The van der Waals surface area contributed by atoms with Gasteiger partial charge in [-0.15, -0.1) is 0 Å². The summed E-state index contributed by atoms with van der Waals surface area (Å²) < 4.78 is 18.2. The Balaban J connectivity index is 2.21. The van der Waals surface area contributed by atoms with E-state index in [1.165, 1.54) is 31.4 Å². The molecule has 3 heteroatoms. The number of halogens is 1. The molecule has 2 N–H and O–H groups in total. The predicted octanol–water partition coefficient (Wildman–Crippen LogP) is 3.50. The topological polar surface area (TPSA) is 35.2 Å². The molecule has 2 nitrogen and oxygen atoms in total. The summed E-state index contributed by atoms with van der Waals surface area (Å²) in [7, 11) is 0. The standard InChI is InChI=1S/C13H20FNO/c1-2-3-4-5-8-16-10-11-6-7-12(14)9-13(11)15/h6-7,9H,2-5,8,10,15H2,1H3. The average Bonchev–Trinajstić information content (AvgIpc) is 2.26. The first-order chi connectivity index (χ1) is 7.74. The zero-order valence-corrected chi connectivity index (χ0v) is 9.84. The van der Waals surface area contributed by atoms with Crippen LogP contribution in [-0.2, 0) is 11.3 Å². The first kappa shape index (κ1) is 13.0. The highest BCUT2D eigenvalue weighted by Crippen LogP contribution is 2.14. The number of anilines is 1. The van der Waals surface area contributed by atoms with Gasteiger partial charge in [0, 0.05) is 17.9 Å². The van der Waals surface area contributed by atoms with E-state index in [0.29, 0.717) is 12.3 Å². The largest absolute Gasteiger partial charge is 0.398 e. The van der Waals surface area contributed by atoms with Gasteiger partial charge in [0.15, 0.2) is 0 Å². The summed E-state index contributed by atoms with van der Waals surface area (Å²) in [4.78, 5) is 0. The van der Waals surface area contributed by atoms with Crippen molar-refractivity contribution in [2.45, 2.75) is 39.2 Å². The van der Waals surface area contributed by atoms with Crippen LogP contribution in [0.25, 0.3) is 0 Å². The SMILES string of the molecule is CCCCCCOCc1ccc(F)cc1N. The zero-order chi connectivity index (χ0) is 11.8. The molecular weight excluding hydrogens is 205 g/mol. The highest BCUT2D eigenvalue weighted by Gasteiger charge is 2.00. The molecule has 1 aromatic carbocycles. The molecule has 0 amide bonds. The minimum atomic E-state index is -0.302. The van der Waals surface area contributed by atoms with Gasteiger partial charge in [-0.1, -0.05) is 32.3 Å². The lowest BCUT2D eigenvalue weighted by Crippen LogP contribution is -2.00. The van der Waals surface area contributed by atoms with Crippen molar-refractivity contribution in [1.29, 1.82) is 0 Å². The number of rotatable bonds is 7. The molecule has 0 fully saturated rings. The van der Waals surface area contributed by atoms with Crippen LogP contribution in [-0.4, -0.2) is 6.61 Å². The minimum Gasteiger partial charge on any atom is -0.398 e. The Hall–Kier alpha value is -1.09. The zero-order valence-electron chi connectivity index (χ0n) is 9.84. The molecule has 1 aromatic rings. The van der Waals surface area contributed by atoms with E-state index in [1.54, 1.807) is 6.07 Å². The van der Waals surface area contributed by atoms with E-state index < -0.39 is 0 Å². The molecule has 0 aliphatic heterocycles. The van der Waals surface area contributed by atoms with Crippen molar-refractivity contribution in [3.05, 3.63) is 29.6 Å². The molecule has 90 valence electrons. The van der Waals surface area contributed by atoms with Gasteiger partial charge in [0.25, 0.3) is 0 Å². The fourth-order valence-corrected chi connectivity index (χ4v) is 1.51. The Morgan fingerprint density at radius 2 is 2.06 bits per heavy atom. The summed E-state index contributed by atoms with van der Waals surface area (Å²) in [6.45, 7) is 3.40. The molecule has 0 saturated heterocycles. The number of hydrogen-bond donors (Lipinski definition) is 1. The molecule has 0 saturated carbocycles. The highest BCUT2D eigenvalue weighted by atomic mass is 19.1. The van der Waals surface area contributed by atoms with Gasteiger partial charge >= 0.3 is 0 Å². The van der Waals surface area contributed by atoms with Crippen LogP contribution < -0.4 is 5.73 Å². The van der Waals surface area contributed by atoms with Crippen molar-refractivity contribution < 1.29 is 9.13 Å². The molecule has 0 atom stereocenters. The lowest BCUT2D eigenvalue weighted by Gasteiger charge is -2.07. The summed E-state index contributed by atoms with van der Waals surface area (Å²) in [6.07, 6.45) is 4.76. The average molecular weight is 225 g/mol. The molecule has 0 unspecified atom stereocenters. The van der Waals surface area contributed by atoms with Gasteiger partial charge in [-0.2, -0.15) is 0 Å². The number of nitrogen functional groups attached to an aromatic ring is 1. The summed E-state index contributed by atoms with van der Waals surface area (Å²) >= 11 is 0. The van der Waals surface area contributed by atoms with Crippen molar-refractivity contribution in [2.75, 3.05) is 12.3 Å². The molecule has 0 aliphatic carbocycles. The van der Waals surface area contributed by atoms with Gasteiger partial charge in [-0.3, -0.25) is 0 Å².